The van der Waals surface area contributed by atoms with Gasteiger partial charge in [-0.1, -0.05) is 47.5 Å². The molecule has 1 N–H and O–H groups in total. The number of carbonyl (C=O) groups is 1. The smallest absolute Gasteiger partial charge is 0.279 e. The molecule has 2 aromatic rings. The largest absolute Gasteiger partial charge is 0.408 e. The number of nitrogens with zero attached hydrogens (tertiary/aromatic N) is 2. The number of thioether (sulfide) groups is 1. The predicted octanol–water partition coefficient (Wildman–Crippen LogP) is 4.22. The second-order valence-electron chi connectivity index (χ2n) is 6.65. The van der Waals surface area contributed by atoms with Crippen molar-refractivity contribution in [1.82, 2.24) is 10.4 Å². The van der Waals surface area contributed by atoms with Gasteiger partial charge in [-0.15, -0.1) is 11.8 Å². The van der Waals surface area contributed by atoms with Crippen LogP contribution in [0, 0.1) is 13.8 Å². The molecule has 1 amide bonds. The van der Waals surface area contributed by atoms with Gasteiger partial charge in [0.05, 0.1) is 0 Å². The lowest BCUT2D eigenvalue weighted by molar-refractivity contribution is -0.165. The molecule has 0 bridgehead atoms. The maximum absolute atomic E-state index is 13.0. The van der Waals surface area contributed by atoms with Gasteiger partial charge in [0.1, 0.15) is 12.4 Å². The van der Waals surface area contributed by atoms with Gasteiger partial charge in [-0.3, -0.25) is 10.2 Å². The van der Waals surface area contributed by atoms with Gasteiger partial charge in [0.2, 0.25) is 0 Å². The molecule has 0 spiro atoms. The first kappa shape index (κ1) is 20.3. The number of amidine groups is 1. The van der Waals surface area contributed by atoms with Gasteiger partial charge >= 0.3 is 6.18 Å². The Kier molecular flexibility index (Phi) is 5.98. The summed E-state index contributed by atoms with van der Waals surface area (Å²) in [5, 5.41) is -0.331. The van der Waals surface area contributed by atoms with E-state index in [1.165, 1.54) is 11.8 Å². The third-order valence-corrected chi connectivity index (χ3v) is 5.17. The molecule has 1 aliphatic rings. The summed E-state index contributed by atoms with van der Waals surface area (Å²) >= 11 is 1.21. The first-order chi connectivity index (χ1) is 13.2. The van der Waals surface area contributed by atoms with Crippen molar-refractivity contribution in [3.8, 4) is 0 Å². The summed E-state index contributed by atoms with van der Waals surface area (Å²) in [6, 6.07) is 15.1. The Morgan fingerprint density at radius 1 is 1.11 bits per heavy atom. The van der Waals surface area contributed by atoms with Gasteiger partial charge in [0, 0.05) is 11.3 Å². The van der Waals surface area contributed by atoms with Crippen LogP contribution in [-0.4, -0.2) is 34.8 Å². The van der Waals surface area contributed by atoms with E-state index in [0.717, 1.165) is 16.7 Å². The molecule has 0 aliphatic carbocycles. The molecule has 1 heterocycles. The fraction of sp³-hybridized carbons (Fsp3) is 0.300. The number of hydrogen-bond acceptors (Lipinski definition) is 4. The van der Waals surface area contributed by atoms with Gasteiger partial charge in [-0.2, -0.15) is 13.2 Å². The molecule has 0 radical (unpaired) electrons. The number of rotatable bonds is 5. The second kappa shape index (κ2) is 8.26. The fourth-order valence-corrected chi connectivity index (χ4v) is 3.92. The third-order valence-electron chi connectivity index (χ3n) is 4.05. The Bertz CT molecular complexity index is 864. The highest BCUT2D eigenvalue weighted by Crippen LogP contribution is 2.26. The zero-order valence-corrected chi connectivity index (χ0v) is 16.3. The van der Waals surface area contributed by atoms with E-state index in [1.54, 1.807) is 0 Å². The summed E-state index contributed by atoms with van der Waals surface area (Å²) < 4.78 is 38.9. The van der Waals surface area contributed by atoms with Crippen molar-refractivity contribution in [3.63, 3.8) is 0 Å². The van der Waals surface area contributed by atoms with Crippen LogP contribution in [-0.2, 0) is 10.5 Å². The van der Waals surface area contributed by atoms with E-state index in [-0.39, 0.29) is 5.84 Å². The number of aryl methyl sites for hydroxylation is 2. The van der Waals surface area contributed by atoms with E-state index >= 15 is 0 Å². The van der Waals surface area contributed by atoms with Crippen molar-refractivity contribution >= 4 is 23.5 Å². The van der Waals surface area contributed by atoms with Crippen molar-refractivity contribution in [2.24, 2.45) is 4.99 Å². The van der Waals surface area contributed by atoms with Crippen LogP contribution in [0.15, 0.2) is 53.5 Å². The number of hydrogen-bond donors (Lipinski definition) is 1. The molecule has 0 fully saturated rings. The maximum Gasteiger partial charge on any atom is 0.408 e. The van der Waals surface area contributed by atoms with Gasteiger partial charge in [-0.25, -0.2) is 10.0 Å². The van der Waals surface area contributed by atoms with Crippen LogP contribution in [0.1, 0.15) is 22.3 Å². The zero-order chi connectivity index (χ0) is 20.3. The molecule has 148 valence electrons. The van der Waals surface area contributed by atoms with Crippen LogP contribution >= 0.6 is 11.8 Å². The van der Waals surface area contributed by atoms with E-state index in [9.17, 15) is 18.0 Å². The lowest BCUT2D eigenvalue weighted by Gasteiger charge is -2.32. The molecule has 1 aliphatic heterocycles. The van der Waals surface area contributed by atoms with Crippen molar-refractivity contribution < 1.29 is 18.0 Å². The summed E-state index contributed by atoms with van der Waals surface area (Å²) in [5.41, 5.74) is 6.12. The van der Waals surface area contributed by atoms with Crippen LogP contribution in [0.3, 0.4) is 0 Å². The quantitative estimate of drug-likeness (QED) is 0.807. The van der Waals surface area contributed by atoms with Crippen LogP contribution in [0.25, 0.3) is 0 Å². The highest BCUT2D eigenvalue weighted by molar-refractivity contribution is 7.99. The summed E-state index contributed by atoms with van der Waals surface area (Å²) in [4.78, 5) is 17.0. The van der Waals surface area contributed by atoms with E-state index in [4.69, 9.17) is 0 Å². The average molecular weight is 407 g/mol. The Hall–Kier alpha value is -2.48. The van der Waals surface area contributed by atoms with E-state index in [2.05, 4.69) is 10.4 Å². The van der Waals surface area contributed by atoms with Gasteiger partial charge < -0.3 is 0 Å². The minimum atomic E-state index is -4.51. The van der Waals surface area contributed by atoms with E-state index in [1.807, 2.05) is 62.4 Å². The SMILES string of the molecule is Cc1cc(C)cc(C2=NC(SCc3ccccc3)C(=O)N(CC(F)(F)F)N2)c1. The van der Waals surface area contributed by atoms with Crippen molar-refractivity contribution in [2.75, 3.05) is 6.54 Å². The molecule has 1 atom stereocenters. The maximum atomic E-state index is 13.0. The molecule has 8 heteroatoms. The monoisotopic (exact) mass is 407 g/mol. The third kappa shape index (κ3) is 5.28. The summed E-state index contributed by atoms with van der Waals surface area (Å²) in [7, 11) is 0. The lowest BCUT2D eigenvalue weighted by Crippen LogP contribution is -2.56. The van der Waals surface area contributed by atoms with Crippen LogP contribution in [0.2, 0.25) is 0 Å². The highest BCUT2D eigenvalue weighted by Gasteiger charge is 2.39. The van der Waals surface area contributed by atoms with E-state index < -0.39 is 24.0 Å². The van der Waals surface area contributed by atoms with E-state index in [0.29, 0.717) is 16.3 Å². The second-order valence-corrected chi connectivity index (χ2v) is 7.72. The molecule has 0 aromatic heterocycles. The summed E-state index contributed by atoms with van der Waals surface area (Å²) in [5.74, 6) is 0.0355. The predicted molar refractivity (Wildman–Crippen MR) is 105 cm³/mol. The molecular weight excluding hydrogens is 387 g/mol. The first-order valence-corrected chi connectivity index (χ1v) is 9.73. The molecular formula is C20H20F3N3OS. The van der Waals surface area contributed by atoms with Gasteiger partial charge in [-0.05, 0) is 31.5 Å². The van der Waals surface area contributed by atoms with Crippen LogP contribution < -0.4 is 5.43 Å². The number of amides is 1. The van der Waals surface area contributed by atoms with Crippen molar-refractivity contribution in [2.45, 2.75) is 31.2 Å². The Balaban J connectivity index is 1.89. The molecule has 28 heavy (non-hydrogen) atoms. The van der Waals surface area contributed by atoms with Crippen molar-refractivity contribution in [3.05, 3.63) is 70.8 Å². The molecule has 0 saturated carbocycles. The summed E-state index contributed by atoms with van der Waals surface area (Å²) in [6.07, 6.45) is -4.51. The molecule has 3 rings (SSSR count). The Labute approximate surface area is 165 Å². The number of carbonyl (C=O) groups excluding carboxylic acids is 1. The minimum absolute atomic E-state index is 0.265. The Morgan fingerprint density at radius 2 is 1.75 bits per heavy atom. The number of alkyl halides is 3. The normalized spacial score (nSPS) is 17.3. The van der Waals surface area contributed by atoms with Crippen molar-refractivity contribution in [1.29, 1.82) is 0 Å². The fourth-order valence-electron chi connectivity index (χ4n) is 2.92. The zero-order valence-electron chi connectivity index (χ0n) is 15.5. The minimum Gasteiger partial charge on any atom is -0.279 e. The first-order valence-electron chi connectivity index (χ1n) is 8.68. The standard InChI is InChI=1S/C20H20F3N3OS/c1-13-8-14(2)10-16(9-13)17-24-18(28-11-15-6-4-3-5-7-15)19(27)26(25-17)12-20(21,22)23/h3-10,18H,11-12H2,1-2H3,(H,24,25). The van der Waals surface area contributed by atoms with Crippen LogP contribution in [0.5, 0.6) is 0 Å². The number of aliphatic imine (C=N–C) groups is 1. The average Bonchev–Trinajstić information content (AvgIpc) is 2.61. The Morgan fingerprint density at radius 3 is 2.36 bits per heavy atom. The highest BCUT2D eigenvalue weighted by atomic mass is 32.2. The summed E-state index contributed by atoms with van der Waals surface area (Å²) in [6.45, 7) is 2.43. The number of halogens is 3. The molecule has 1 unspecified atom stereocenters. The lowest BCUT2D eigenvalue weighted by atomic mass is 10.1. The van der Waals surface area contributed by atoms with Gasteiger partial charge in [0.15, 0.2) is 5.37 Å². The number of hydrazine groups is 1. The van der Waals surface area contributed by atoms with Gasteiger partial charge in [0.25, 0.3) is 5.91 Å². The number of nitrogens with one attached hydrogen (secondary N) is 1. The molecule has 4 nitrogen and oxygen atoms in total. The molecule has 0 saturated heterocycles. The molecule has 2 aromatic carbocycles. The topological polar surface area (TPSA) is 44.7 Å². The van der Waals surface area contributed by atoms with Crippen LogP contribution in [0.4, 0.5) is 13.2 Å². The number of benzene rings is 2.